The Morgan fingerprint density at radius 2 is 1.91 bits per heavy atom. The summed E-state index contributed by atoms with van der Waals surface area (Å²) in [6.45, 7) is 0. The molecule has 168 valence electrons. The predicted octanol–water partition coefficient (Wildman–Crippen LogP) is 5.73. The van der Waals surface area contributed by atoms with E-state index in [4.69, 9.17) is 16.6 Å². The summed E-state index contributed by atoms with van der Waals surface area (Å²) < 4.78 is 16.5. The van der Waals surface area contributed by atoms with Crippen molar-refractivity contribution in [1.29, 1.82) is 0 Å². The van der Waals surface area contributed by atoms with Gasteiger partial charge >= 0.3 is 0 Å². The monoisotopic (exact) mass is 456 g/mol. The molecular weight excluding hydrogens is 431 g/mol. The molecule has 32 heavy (non-hydrogen) atoms. The maximum Gasteiger partial charge on any atom is 0.251 e. The zero-order valence-electron chi connectivity index (χ0n) is 17.7. The minimum absolute atomic E-state index is 0.193. The van der Waals surface area contributed by atoms with Crippen molar-refractivity contribution in [3.63, 3.8) is 0 Å². The smallest absolute Gasteiger partial charge is 0.251 e. The quantitative estimate of drug-likeness (QED) is 0.478. The second-order valence-electron chi connectivity index (χ2n) is 8.69. The fourth-order valence-corrected chi connectivity index (χ4v) is 4.90. The van der Waals surface area contributed by atoms with Crippen LogP contribution in [0.4, 0.5) is 22.0 Å². The van der Waals surface area contributed by atoms with E-state index in [1.54, 1.807) is 18.3 Å². The van der Waals surface area contributed by atoms with E-state index in [2.05, 4.69) is 20.3 Å². The van der Waals surface area contributed by atoms with Gasteiger partial charge in [-0.05, 0) is 56.6 Å². The van der Waals surface area contributed by atoms with Gasteiger partial charge in [0.1, 0.15) is 11.3 Å². The predicted molar refractivity (Wildman–Crippen MR) is 124 cm³/mol. The molecule has 0 aliphatic heterocycles. The lowest BCUT2D eigenvalue weighted by Gasteiger charge is -2.21. The molecule has 5 rings (SSSR count). The number of nitrogens with one attached hydrogen (secondary N) is 1. The van der Waals surface area contributed by atoms with Gasteiger partial charge in [-0.1, -0.05) is 30.5 Å². The molecule has 0 bridgehead atoms. The van der Waals surface area contributed by atoms with Crippen LogP contribution in [0.1, 0.15) is 57.4 Å². The number of aliphatic hydroxyl groups is 1. The Balaban J connectivity index is 1.49. The van der Waals surface area contributed by atoms with E-state index in [1.807, 2.05) is 10.8 Å². The summed E-state index contributed by atoms with van der Waals surface area (Å²) in [6, 6.07) is 4.81. The van der Waals surface area contributed by atoms with Crippen molar-refractivity contribution < 1.29 is 9.50 Å². The first-order valence-corrected chi connectivity index (χ1v) is 11.6. The number of benzene rings is 1. The number of rotatable bonds is 5. The van der Waals surface area contributed by atoms with Gasteiger partial charge in [-0.15, -0.1) is 0 Å². The van der Waals surface area contributed by atoms with Crippen LogP contribution in [-0.4, -0.2) is 36.9 Å². The minimum Gasteiger partial charge on any atom is -0.393 e. The number of hydrogen-bond donors (Lipinski definition) is 2. The number of aliphatic imine (C=N–C) groups is 1. The van der Waals surface area contributed by atoms with E-state index in [0.717, 1.165) is 51.4 Å². The molecule has 0 radical (unpaired) electrons. The fraction of sp³-hybridized carbons (Fsp3) is 0.478. The molecule has 2 N–H and O–H groups in total. The second kappa shape index (κ2) is 9.11. The average Bonchev–Trinajstić information content (AvgIpc) is 3.43. The van der Waals surface area contributed by atoms with E-state index in [1.165, 1.54) is 6.07 Å². The van der Waals surface area contributed by atoms with Crippen LogP contribution in [0.15, 0.2) is 29.4 Å². The highest BCUT2D eigenvalue weighted by Crippen LogP contribution is 2.37. The van der Waals surface area contributed by atoms with E-state index in [-0.39, 0.29) is 17.8 Å². The number of nitrogens with zero attached hydrogens (tertiary/aromatic N) is 5. The molecule has 2 aliphatic rings. The number of hydrogen-bond acceptors (Lipinski definition) is 6. The van der Waals surface area contributed by atoms with Gasteiger partial charge in [0.25, 0.3) is 5.95 Å². The Morgan fingerprint density at radius 1 is 1.12 bits per heavy atom. The van der Waals surface area contributed by atoms with Gasteiger partial charge in [0.15, 0.2) is 5.65 Å². The Kier molecular flexibility index (Phi) is 6.06. The van der Waals surface area contributed by atoms with Crippen molar-refractivity contribution in [2.45, 2.75) is 63.5 Å². The zero-order chi connectivity index (χ0) is 22.1. The summed E-state index contributed by atoms with van der Waals surface area (Å²) in [5, 5.41) is 13.1. The number of fused-ring (bicyclic) bond motifs is 1. The van der Waals surface area contributed by atoms with Crippen molar-refractivity contribution in [2.24, 2.45) is 10.9 Å². The van der Waals surface area contributed by atoms with Crippen molar-refractivity contribution in [3.05, 3.63) is 35.2 Å². The van der Waals surface area contributed by atoms with Crippen molar-refractivity contribution in [3.8, 4) is 0 Å². The fourth-order valence-electron chi connectivity index (χ4n) is 4.69. The summed E-state index contributed by atoms with van der Waals surface area (Å²) in [4.78, 5) is 18.2. The molecule has 1 aromatic carbocycles. The maximum absolute atomic E-state index is 14.4. The second-order valence-corrected chi connectivity index (χ2v) is 9.10. The third-order valence-corrected chi connectivity index (χ3v) is 6.77. The van der Waals surface area contributed by atoms with Crippen LogP contribution in [0, 0.1) is 11.7 Å². The highest BCUT2D eigenvalue weighted by molar-refractivity contribution is 6.33. The largest absolute Gasteiger partial charge is 0.393 e. The molecular formula is C23H26ClFN6O. The molecule has 2 aromatic heterocycles. The molecule has 2 heterocycles. The first kappa shape index (κ1) is 21.3. The molecule has 9 heteroatoms. The normalized spacial score (nSPS) is 22.2. The first-order valence-electron chi connectivity index (χ1n) is 11.3. The van der Waals surface area contributed by atoms with Crippen molar-refractivity contribution in [2.75, 3.05) is 5.32 Å². The third-order valence-electron chi connectivity index (χ3n) is 6.45. The topological polar surface area (TPSA) is 88.2 Å². The van der Waals surface area contributed by atoms with Crippen molar-refractivity contribution >= 4 is 46.6 Å². The lowest BCUT2D eigenvalue weighted by atomic mass is 9.88. The van der Waals surface area contributed by atoms with E-state index in [9.17, 15) is 9.50 Å². The van der Waals surface area contributed by atoms with Crippen LogP contribution in [0.5, 0.6) is 0 Å². The van der Waals surface area contributed by atoms with Crippen LogP contribution in [-0.2, 0) is 0 Å². The summed E-state index contributed by atoms with van der Waals surface area (Å²) >= 11 is 6.24. The van der Waals surface area contributed by atoms with Gasteiger partial charge in [0, 0.05) is 12.3 Å². The summed E-state index contributed by atoms with van der Waals surface area (Å²) in [5.41, 5.74) is 1.52. The summed E-state index contributed by atoms with van der Waals surface area (Å²) in [6.07, 6.45) is 11.1. The van der Waals surface area contributed by atoms with Crippen molar-refractivity contribution in [1.82, 2.24) is 19.5 Å². The van der Waals surface area contributed by atoms with Gasteiger partial charge in [-0.2, -0.15) is 4.98 Å². The molecule has 3 aromatic rings. The van der Waals surface area contributed by atoms with Crippen LogP contribution in [0.3, 0.4) is 0 Å². The molecule has 0 spiro atoms. The Hall–Kier alpha value is -2.58. The molecule has 2 saturated carbocycles. The van der Waals surface area contributed by atoms with Gasteiger partial charge in [-0.3, -0.25) is 4.57 Å². The molecule has 2 aliphatic carbocycles. The molecule has 0 atom stereocenters. The minimum atomic E-state index is -0.434. The van der Waals surface area contributed by atoms with Crippen LogP contribution < -0.4 is 5.32 Å². The Morgan fingerprint density at radius 3 is 2.66 bits per heavy atom. The maximum atomic E-state index is 14.4. The molecule has 0 amide bonds. The van der Waals surface area contributed by atoms with Gasteiger partial charge in [-0.25, -0.2) is 19.4 Å². The highest BCUT2D eigenvalue weighted by atomic mass is 35.5. The lowest BCUT2D eigenvalue weighted by molar-refractivity contribution is 0.121. The number of anilines is 2. The summed E-state index contributed by atoms with van der Waals surface area (Å²) in [5.74, 6) is 0.795. The number of para-hydroxylation sites is 1. The SMILES string of the molecule is OC1CCC(C=Nc2ncc3nc(Nc4c(F)cccc4Cl)n(C4CCCC4)c3n2)CC1. The first-order chi connectivity index (χ1) is 15.6. The lowest BCUT2D eigenvalue weighted by Crippen LogP contribution is -2.18. The third kappa shape index (κ3) is 4.34. The molecule has 0 saturated heterocycles. The zero-order valence-corrected chi connectivity index (χ0v) is 18.5. The standard InChI is InChI=1S/C23H26ClFN6O/c24-17-6-3-7-18(25)20(17)29-23-28-19-13-27-22(26-12-14-8-10-16(32)11-9-14)30-21(19)31(23)15-4-1-2-5-15/h3,6-7,12-16,32H,1-2,4-5,8-11H2,(H,28,29). The molecule has 7 nitrogen and oxygen atoms in total. The van der Waals surface area contributed by atoms with E-state index in [0.29, 0.717) is 34.0 Å². The van der Waals surface area contributed by atoms with Crippen LogP contribution >= 0.6 is 11.6 Å². The number of halogens is 2. The highest BCUT2D eigenvalue weighted by Gasteiger charge is 2.25. The van der Waals surface area contributed by atoms with Crippen LogP contribution in [0.2, 0.25) is 5.02 Å². The van der Waals surface area contributed by atoms with Crippen LogP contribution in [0.25, 0.3) is 11.2 Å². The average molecular weight is 457 g/mol. The number of aliphatic hydroxyl groups excluding tert-OH is 1. The van der Waals surface area contributed by atoms with Gasteiger partial charge in [0.05, 0.1) is 23.0 Å². The Labute approximate surface area is 190 Å². The number of aromatic nitrogens is 4. The molecule has 0 unspecified atom stereocenters. The molecule has 2 fully saturated rings. The van der Waals surface area contributed by atoms with E-state index < -0.39 is 5.82 Å². The van der Waals surface area contributed by atoms with Gasteiger partial charge < -0.3 is 10.4 Å². The number of imidazole rings is 1. The summed E-state index contributed by atoms with van der Waals surface area (Å²) in [7, 11) is 0. The van der Waals surface area contributed by atoms with E-state index >= 15 is 0 Å². The Bertz CT molecular complexity index is 1110. The van der Waals surface area contributed by atoms with Gasteiger partial charge in [0.2, 0.25) is 5.95 Å².